The number of methoxy groups -OCH3 is 1. The SMILES string of the molecule is COC(=O)c1ccc(Cl)c(NC(=O)c2cnoc2-c2ccc(C)cc2)c1. The molecule has 7 heteroatoms. The zero-order chi connectivity index (χ0) is 18.7. The van der Waals surface area contributed by atoms with E-state index in [4.69, 9.17) is 16.1 Å². The second-order valence-electron chi connectivity index (χ2n) is 5.57. The van der Waals surface area contributed by atoms with Crippen molar-refractivity contribution >= 4 is 29.2 Å². The summed E-state index contributed by atoms with van der Waals surface area (Å²) in [6.45, 7) is 1.97. The number of anilines is 1. The fraction of sp³-hybridized carbons (Fsp3) is 0.105. The topological polar surface area (TPSA) is 81.4 Å². The van der Waals surface area contributed by atoms with Crippen LogP contribution < -0.4 is 5.32 Å². The molecule has 3 aromatic rings. The lowest BCUT2D eigenvalue weighted by molar-refractivity contribution is 0.0600. The molecule has 0 fully saturated rings. The molecule has 1 heterocycles. The zero-order valence-corrected chi connectivity index (χ0v) is 14.8. The van der Waals surface area contributed by atoms with Crippen molar-refractivity contribution in [3.8, 4) is 11.3 Å². The summed E-state index contributed by atoms with van der Waals surface area (Å²) in [7, 11) is 1.28. The molecule has 1 amide bonds. The molecular weight excluding hydrogens is 356 g/mol. The number of halogens is 1. The molecule has 0 radical (unpaired) electrons. The van der Waals surface area contributed by atoms with Gasteiger partial charge in [0.2, 0.25) is 0 Å². The van der Waals surface area contributed by atoms with E-state index in [1.54, 1.807) is 0 Å². The number of amides is 1. The Morgan fingerprint density at radius 1 is 1.15 bits per heavy atom. The summed E-state index contributed by atoms with van der Waals surface area (Å²) in [5.74, 6) is -0.629. The molecule has 0 aliphatic carbocycles. The van der Waals surface area contributed by atoms with Gasteiger partial charge in [-0.15, -0.1) is 0 Å². The summed E-state index contributed by atoms with van der Waals surface area (Å²) < 4.78 is 9.92. The minimum atomic E-state index is -0.525. The standard InChI is InChI=1S/C19H15ClN2O4/c1-11-3-5-12(6-4-11)17-14(10-21-26-17)18(23)22-16-9-13(19(24)25-2)7-8-15(16)20/h3-10H,1-2H3,(H,22,23). The number of benzene rings is 2. The summed E-state index contributed by atoms with van der Waals surface area (Å²) >= 11 is 6.12. The first-order valence-electron chi connectivity index (χ1n) is 7.70. The van der Waals surface area contributed by atoms with Crippen LogP contribution in [-0.4, -0.2) is 24.1 Å². The fourth-order valence-corrected chi connectivity index (χ4v) is 2.53. The van der Waals surface area contributed by atoms with Crippen molar-refractivity contribution < 1.29 is 18.8 Å². The molecule has 1 aromatic heterocycles. The lowest BCUT2D eigenvalue weighted by Crippen LogP contribution is -2.13. The van der Waals surface area contributed by atoms with E-state index in [2.05, 4.69) is 15.2 Å². The maximum Gasteiger partial charge on any atom is 0.337 e. The number of esters is 1. The van der Waals surface area contributed by atoms with Crippen molar-refractivity contribution in [3.63, 3.8) is 0 Å². The van der Waals surface area contributed by atoms with Crippen LogP contribution >= 0.6 is 11.6 Å². The summed E-state index contributed by atoms with van der Waals surface area (Å²) in [4.78, 5) is 24.3. The Kier molecular flexibility index (Phi) is 5.04. The highest BCUT2D eigenvalue weighted by Crippen LogP contribution is 2.27. The molecule has 3 rings (SSSR count). The van der Waals surface area contributed by atoms with Crippen molar-refractivity contribution in [1.29, 1.82) is 0 Å². The van der Waals surface area contributed by atoms with Gasteiger partial charge in [0.25, 0.3) is 5.91 Å². The van der Waals surface area contributed by atoms with Gasteiger partial charge in [-0.2, -0.15) is 0 Å². The van der Waals surface area contributed by atoms with Crippen LogP contribution in [0.3, 0.4) is 0 Å². The van der Waals surface area contributed by atoms with Crippen molar-refractivity contribution in [2.24, 2.45) is 0 Å². The average molecular weight is 371 g/mol. The van der Waals surface area contributed by atoms with E-state index >= 15 is 0 Å². The number of hydrogen-bond acceptors (Lipinski definition) is 5. The third kappa shape index (κ3) is 3.60. The molecule has 132 valence electrons. The first-order valence-corrected chi connectivity index (χ1v) is 8.08. The van der Waals surface area contributed by atoms with Crippen molar-refractivity contribution in [2.45, 2.75) is 6.92 Å². The predicted molar refractivity (Wildman–Crippen MR) is 97.4 cm³/mol. The van der Waals surface area contributed by atoms with Gasteiger partial charge < -0.3 is 14.6 Å². The molecule has 1 N–H and O–H groups in total. The van der Waals surface area contributed by atoms with E-state index in [1.165, 1.54) is 31.5 Å². The number of hydrogen-bond donors (Lipinski definition) is 1. The molecular formula is C19H15ClN2O4. The Balaban J connectivity index is 1.89. The fourth-order valence-electron chi connectivity index (χ4n) is 2.37. The predicted octanol–water partition coefficient (Wildman–Crippen LogP) is 4.34. The van der Waals surface area contributed by atoms with Crippen LogP contribution in [0.25, 0.3) is 11.3 Å². The number of ether oxygens (including phenoxy) is 1. The second-order valence-corrected chi connectivity index (χ2v) is 5.98. The summed E-state index contributed by atoms with van der Waals surface area (Å²) in [6, 6.07) is 12.0. The van der Waals surface area contributed by atoms with Gasteiger partial charge in [0.15, 0.2) is 5.76 Å². The number of aromatic nitrogens is 1. The first-order chi connectivity index (χ1) is 12.5. The summed E-state index contributed by atoms with van der Waals surface area (Å²) in [6.07, 6.45) is 1.34. The molecule has 0 unspecified atom stereocenters. The highest BCUT2D eigenvalue weighted by molar-refractivity contribution is 6.34. The Labute approximate surface area is 154 Å². The number of aryl methyl sites for hydroxylation is 1. The van der Waals surface area contributed by atoms with Gasteiger partial charge >= 0.3 is 5.97 Å². The smallest absolute Gasteiger partial charge is 0.337 e. The van der Waals surface area contributed by atoms with E-state index in [1.807, 2.05) is 31.2 Å². The quantitative estimate of drug-likeness (QED) is 0.691. The van der Waals surface area contributed by atoms with Gasteiger partial charge in [-0.1, -0.05) is 46.6 Å². The summed E-state index contributed by atoms with van der Waals surface area (Å²) in [5, 5.41) is 6.69. The van der Waals surface area contributed by atoms with E-state index in [9.17, 15) is 9.59 Å². The number of nitrogens with one attached hydrogen (secondary N) is 1. The molecule has 2 aromatic carbocycles. The number of carbonyl (C=O) groups is 2. The Morgan fingerprint density at radius 3 is 2.58 bits per heavy atom. The lowest BCUT2D eigenvalue weighted by atomic mass is 10.1. The van der Waals surface area contributed by atoms with Crippen LogP contribution in [0.4, 0.5) is 5.69 Å². The van der Waals surface area contributed by atoms with Crippen molar-refractivity contribution in [3.05, 3.63) is 70.4 Å². The molecule has 0 atom stereocenters. The van der Waals surface area contributed by atoms with Gasteiger partial charge in [0.1, 0.15) is 5.56 Å². The normalized spacial score (nSPS) is 10.4. The van der Waals surface area contributed by atoms with Gasteiger partial charge in [-0.3, -0.25) is 4.79 Å². The minimum absolute atomic E-state index is 0.258. The molecule has 0 aliphatic rings. The van der Waals surface area contributed by atoms with Gasteiger partial charge in [0.05, 0.1) is 29.6 Å². The molecule has 0 saturated heterocycles. The molecule has 0 spiro atoms. The number of rotatable bonds is 4. The van der Waals surface area contributed by atoms with E-state index in [0.717, 1.165) is 11.1 Å². The Bertz CT molecular complexity index is 964. The van der Waals surface area contributed by atoms with Crippen LogP contribution in [0.2, 0.25) is 5.02 Å². The molecule has 26 heavy (non-hydrogen) atoms. The van der Waals surface area contributed by atoms with Gasteiger partial charge in [0, 0.05) is 5.56 Å². The second kappa shape index (κ2) is 7.41. The van der Waals surface area contributed by atoms with E-state index < -0.39 is 11.9 Å². The Hall–Kier alpha value is -3.12. The highest BCUT2D eigenvalue weighted by atomic mass is 35.5. The highest BCUT2D eigenvalue weighted by Gasteiger charge is 2.19. The maximum atomic E-state index is 12.7. The van der Waals surface area contributed by atoms with Crippen LogP contribution in [0.1, 0.15) is 26.3 Å². The molecule has 0 bridgehead atoms. The first kappa shape index (κ1) is 17.7. The zero-order valence-electron chi connectivity index (χ0n) is 14.1. The van der Waals surface area contributed by atoms with Crippen LogP contribution in [0.5, 0.6) is 0 Å². The van der Waals surface area contributed by atoms with Gasteiger partial charge in [-0.25, -0.2) is 4.79 Å². The maximum absolute atomic E-state index is 12.7. The number of nitrogens with zero attached hydrogens (tertiary/aromatic N) is 1. The van der Waals surface area contributed by atoms with Crippen LogP contribution in [0.15, 0.2) is 53.2 Å². The molecule has 0 saturated carbocycles. The summed E-state index contributed by atoms with van der Waals surface area (Å²) in [5.41, 5.74) is 2.64. The molecule has 0 aliphatic heterocycles. The van der Waals surface area contributed by atoms with Crippen molar-refractivity contribution in [1.82, 2.24) is 5.16 Å². The average Bonchev–Trinajstić information content (AvgIpc) is 3.13. The largest absolute Gasteiger partial charge is 0.465 e. The van der Waals surface area contributed by atoms with E-state index in [0.29, 0.717) is 10.8 Å². The third-order valence-corrected chi connectivity index (χ3v) is 4.09. The van der Waals surface area contributed by atoms with Gasteiger partial charge in [-0.05, 0) is 25.1 Å². The number of carbonyl (C=O) groups excluding carboxylic acids is 2. The van der Waals surface area contributed by atoms with Crippen LogP contribution in [0, 0.1) is 6.92 Å². The van der Waals surface area contributed by atoms with E-state index in [-0.39, 0.29) is 16.8 Å². The minimum Gasteiger partial charge on any atom is -0.465 e. The third-order valence-electron chi connectivity index (χ3n) is 3.76. The lowest BCUT2D eigenvalue weighted by Gasteiger charge is -2.09. The Morgan fingerprint density at radius 2 is 1.88 bits per heavy atom. The molecule has 6 nitrogen and oxygen atoms in total. The van der Waals surface area contributed by atoms with Crippen LogP contribution in [-0.2, 0) is 4.74 Å². The monoisotopic (exact) mass is 370 g/mol. The van der Waals surface area contributed by atoms with Crippen molar-refractivity contribution in [2.75, 3.05) is 12.4 Å².